The molecule has 1 fully saturated rings. The Morgan fingerprint density at radius 3 is 2.57 bits per heavy atom. The Morgan fingerprint density at radius 1 is 1.03 bits per heavy atom. The fourth-order valence-electron chi connectivity index (χ4n) is 4.00. The van der Waals surface area contributed by atoms with Crippen LogP contribution >= 0.6 is 0 Å². The van der Waals surface area contributed by atoms with Crippen LogP contribution in [0, 0.1) is 0 Å². The van der Waals surface area contributed by atoms with Crippen molar-refractivity contribution in [3.05, 3.63) is 72.4 Å². The average Bonchev–Trinajstić information content (AvgIpc) is 3.44. The molecular weight excluding hydrogens is 380 g/mol. The van der Waals surface area contributed by atoms with Gasteiger partial charge in [-0.1, -0.05) is 24.3 Å². The summed E-state index contributed by atoms with van der Waals surface area (Å²) in [7, 11) is 1.56. The van der Waals surface area contributed by atoms with Crippen LogP contribution in [0.5, 0.6) is 5.75 Å². The highest BCUT2D eigenvalue weighted by Crippen LogP contribution is 2.29. The molecule has 1 aromatic carbocycles. The average molecular weight is 402 g/mol. The van der Waals surface area contributed by atoms with Crippen LogP contribution in [0.3, 0.4) is 0 Å². The Morgan fingerprint density at radius 2 is 1.80 bits per heavy atom. The number of likely N-dealkylation sites (tertiary alicyclic amines) is 1. The quantitative estimate of drug-likeness (QED) is 0.525. The predicted molar refractivity (Wildman–Crippen MR) is 111 cm³/mol. The molecule has 4 heterocycles. The molecule has 0 N–H and O–H groups in total. The smallest absolute Gasteiger partial charge is 0.278 e. The van der Waals surface area contributed by atoms with Gasteiger partial charge in [0.25, 0.3) is 5.91 Å². The highest BCUT2D eigenvalue weighted by molar-refractivity contribution is 5.95. The number of carbonyl (C=O) groups excluding carboxylic acids is 1. The normalized spacial score (nSPS) is 14.9. The van der Waals surface area contributed by atoms with Gasteiger partial charge in [-0.3, -0.25) is 9.20 Å². The first-order chi connectivity index (χ1) is 14.7. The second kappa shape index (κ2) is 7.62. The zero-order chi connectivity index (χ0) is 20.5. The molecule has 0 unspecified atom stereocenters. The monoisotopic (exact) mass is 402 g/mol. The molecule has 1 aliphatic heterocycles. The van der Waals surface area contributed by atoms with Gasteiger partial charge < -0.3 is 9.64 Å². The minimum atomic E-state index is -0.105. The maximum absolute atomic E-state index is 13.2. The number of para-hydroxylation sites is 1. The van der Waals surface area contributed by atoms with E-state index >= 15 is 0 Å². The van der Waals surface area contributed by atoms with Gasteiger partial charge in [0.2, 0.25) is 0 Å². The highest BCUT2D eigenvalue weighted by Gasteiger charge is 2.30. The van der Waals surface area contributed by atoms with E-state index in [2.05, 4.69) is 15.3 Å². The fourth-order valence-corrected chi connectivity index (χ4v) is 4.00. The van der Waals surface area contributed by atoms with E-state index < -0.39 is 0 Å². The lowest BCUT2D eigenvalue weighted by molar-refractivity contribution is 0.0701. The van der Waals surface area contributed by atoms with Crippen molar-refractivity contribution in [2.24, 2.45) is 0 Å². The van der Waals surface area contributed by atoms with Crippen LogP contribution in [0.25, 0.3) is 11.3 Å². The summed E-state index contributed by atoms with van der Waals surface area (Å²) < 4.78 is 9.15. The van der Waals surface area contributed by atoms with Crippen molar-refractivity contribution >= 4 is 11.6 Å². The maximum atomic E-state index is 13.2. The van der Waals surface area contributed by atoms with Crippen LogP contribution in [0.2, 0.25) is 0 Å². The van der Waals surface area contributed by atoms with Crippen LogP contribution < -0.4 is 4.74 Å². The third kappa shape index (κ3) is 3.20. The molecule has 4 aromatic rings. The first kappa shape index (κ1) is 18.4. The largest absolute Gasteiger partial charge is 0.493 e. The molecular formula is C22H22N6O2. The van der Waals surface area contributed by atoms with Crippen LogP contribution in [0.4, 0.5) is 0 Å². The lowest BCUT2D eigenvalue weighted by Gasteiger charge is -2.30. The van der Waals surface area contributed by atoms with Gasteiger partial charge in [0, 0.05) is 25.2 Å². The van der Waals surface area contributed by atoms with Gasteiger partial charge in [-0.15, -0.1) is 10.2 Å². The van der Waals surface area contributed by atoms with Gasteiger partial charge in [-0.05, 0) is 37.1 Å². The Bertz CT molecular complexity index is 1170. The summed E-state index contributed by atoms with van der Waals surface area (Å²) in [4.78, 5) is 15.0. The molecule has 0 atom stereocenters. The zero-order valence-electron chi connectivity index (χ0n) is 16.7. The van der Waals surface area contributed by atoms with Crippen molar-refractivity contribution in [1.82, 2.24) is 29.3 Å². The van der Waals surface area contributed by atoms with Crippen molar-refractivity contribution in [2.75, 3.05) is 20.2 Å². The van der Waals surface area contributed by atoms with Gasteiger partial charge in [0.1, 0.15) is 5.82 Å². The molecule has 0 radical (unpaired) electrons. The number of aromatic nitrogens is 5. The van der Waals surface area contributed by atoms with Crippen LogP contribution in [0.15, 0.2) is 60.9 Å². The summed E-state index contributed by atoms with van der Waals surface area (Å²) in [6, 6.07) is 15.6. The van der Waals surface area contributed by atoms with Gasteiger partial charge in [-0.25, -0.2) is 4.68 Å². The van der Waals surface area contributed by atoms with E-state index in [-0.39, 0.29) is 11.8 Å². The fraction of sp³-hybridized carbons (Fsp3) is 0.273. The van der Waals surface area contributed by atoms with E-state index in [1.807, 2.05) is 64.0 Å². The number of piperidine rings is 1. The van der Waals surface area contributed by atoms with Crippen LogP contribution in [0.1, 0.15) is 35.1 Å². The SMILES string of the molecule is COc1cn(-c2ccccc2)nc1C(=O)N1CCC(c2nnc3ccccn23)CC1. The standard InChI is InChI=1S/C22H22N6O2/c1-30-18-15-28(17-7-3-2-4-8-17)25-20(18)22(29)26-13-10-16(11-14-26)21-24-23-19-9-5-6-12-27(19)21/h2-9,12,15-16H,10-11,13-14H2,1H3. The Hall–Kier alpha value is -3.68. The Labute approximate surface area is 173 Å². The second-order valence-corrected chi connectivity index (χ2v) is 7.38. The molecule has 8 nitrogen and oxygen atoms in total. The number of amides is 1. The Kier molecular flexibility index (Phi) is 4.66. The van der Waals surface area contributed by atoms with Gasteiger partial charge >= 0.3 is 0 Å². The van der Waals surface area contributed by atoms with E-state index in [1.165, 1.54) is 0 Å². The number of pyridine rings is 1. The summed E-state index contributed by atoms with van der Waals surface area (Å²) in [5.41, 5.74) is 2.07. The van der Waals surface area contributed by atoms with Crippen molar-refractivity contribution in [2.45, 2.75) is 18.8 Å². The second-order valence-electron chi connectivity index (χ2n) is 7.38. The highest BCUT2D eigenvalue weighted by atomic mass is 16.5. The molecule has 8 heteroatoms. The summed E-state index contributed by atoms with van der Waals surface area (Å²) in [5.74, 6) is 1.61. The topological polar surface area (TPSA) is 77.6 Å². The summed E-state index contributed by atoms with van der Waals surface area (Å²) in [6.07, 6.45) is 5.41. The minimum Gasteiger partial charge on any atom is -0.493 e. The molecule has 30 heavy (non-hydrogen) atoms. The molecule has 1 saturated heterocycles. The first-order valence-corrected chi connectivity index (χ1v) is 10.0. The summed E-state index contributed by atoms with van der Waals surface area (Å²) >= 11 is 0. The van der Waals surface area contributed by atoms with E-state index in [0.717, 1.165) is 30.0 Å². The van der Waals surface area contributed by atoms with Gasteiger partial charge in [-0.2, -0.15) is 5.10 Å². The number of fused-ring (bicyclic) bond motifs is 1. The molecule has 3 aromatic heterocycles. The number of carbonyl (C=O) groups is 1. The molecule has 0 spiro atoms. The maximum Gasteiger partial charge on any atom is 0.278 e. The van der Waals surface area contributed by atoms with Gasteiger partial charge in [0.15, 0.2) is 17.1 Å². The lowest BCUT2D eigenvalue weighted by Crippen LogP contribution is -2.38. The number of benzene rings is 1. The summed E-state index contributed by atoms with van der Waals surface area (Å²) in [6.45, 7) is 1.29. The number of rotatable bonds is 4. The third-order valence-electron chi connectivity index (χ3n) is 5.61. The molecule has 0 saturated carbocycles. The van der Waals surface area contributed by atoms with E-state index in [4.69, 9.17) is 4.74 Å². The molecule has 1 amide bonds. The van der Waals surface area contributed by atoms with E-state index in [0.29, 0.717) is 24.5 Å². The van der Waals surface area contributed by atoms with Crippen molar-refractivity contribution in [1.29, 1.82) is 0 Å². The van der Waals surface area contributed by atoms with Gasteiger partial charge in [0.05, 0.1) is 19.0 Å². The van der Waals surface area contributed by atoms with E-state index in [9.17, 15) is 4.79 Å². The number of nitrogens with zero attached hydrogens (tertiary/aromatic N) is 6. The molecule has 1 aliphatic rings. The molecule has 0 aliphatic carbocycles. The third-order valence-corrected chi connectivity index (χ3v) is 5.61. The Balaban J connectivity index is 1.33. The predicted octanol–water partition coefficient (Wildman–Crippen LogP) is 2.94. The molecule has 152 valence electrons. The van der Waals surface area contributed by atoms with Crippen LogP contribution in [-0.4, -0.2) is 55.4 Å². The number of methoxy groups -OCH3 is 1. The molecule has 0 bridgehead atoms. The molecule has 5 rings (SSSR count). The van der Waals surface area contributed by atoms with Crippen molar-refractivity contribution in [3.8, 4) is 11.4 Å². The first-order valence-electron chi connectivity index (χ1n) is 10.0. The van der Waals surface area contributed by atoms with Crippen molar-refractivity contribution in [3.63, 3.8) is 0 Å². The van der Waals surface area contributed by atoms with Crippen molar-refractivity contribution < 1.29 is 9.53 Å². The minimum absolute atomic E-state index is 0.105. The number of hydrogen-bond acceptors (Lipinski definition) is 5. The van der Waals surface area contributed by atoms with Crippen LogP contribution in [-0.2, 0) is 0 Å². The number of hydrogen-bond donors (Lipinski definition) is 0. The zero-order valence-corrected chi connectivity index (χ0v) is 16.7. The summed E-state index contributed by atoms with van der Waals surface area (Å²) in [5, 5.41) is 13.1. The van der Waals surface area contributed by atoms with E-state index in [1.54, 1.807) is 18.0 Å². The lowest BCUT2D eigenvalue weighted by atomic mass is 9.95. The number of ether oxygens (including phenoxy) is 1.